The van der Waals surface area contributed by atoms with Gasteiger partial charge >= 0.3 is 5.63 Å². The number of aryl methyl sites for hydroxylation is 1. The molecule has 0 radical (unpaired) electrons. The van der Waals surface area contributed by atoms with Crippen LogP contribution in [0.25, 0.3) is 12.2 Å². The van der Waals surface area contributed by atoms with Crippen molar-refractivity contribution in [3.05, 3.63) is 32.7 Å². The SMILES string of the molecule is Cc1cc(=O)oc2c1=CC(C)CC=2. The van der Waals surface area contributed by atoms with E-state index in [1.807, 2.05) is 13.0 Å². The summed E-state index contributed by atoms with van der Waals surface area (Å²) >= 11 is 0. The van der Waals surface area contributed by atoms with Gasteiger partial charge in [-0.25, -0.2) is 4.79 Å². The van der Waals surface area contributed by atoms with Gasteiger partial charge in [-0.05, 0) is 30.9 Å². The van der Waals surface area contributed by atoms with E-state index >= 15 is 0 Å². The fraction of sp³-hybridized carbons (Fsp3) is 0.364. The lowest BCUT2D eigenvalue weighted by Gasteiger charge is -2.07. The third-order valence-corrected chi connectivity index (χ3v) is 2.36. The molecule has 1 aliphatic rings. The molecule has 0 bridgehead atoms. The highest BCUT2D eigenvalue weighted by atomic mass is 16.4. The van der Waals surface area contributed by atoms with Crippen LogP contribution in [-0.4, -0.2) is 0 Å². The lowest BCUT2D eigenvalue weighted by molar-refractivity contribution is 0.466. The Labute approximate surface area is 76.2 Å². The van der Waals surface area contributed by atoms with Crippen molar-refractivity contribution in [3.8, 4) is 0 Å². The smallest absolute Gasteiger partial charge is 0.336 e. The van der Waals surface area contributed by atoms with Crippen LogP contribution in [0.2, 0.25) is 0 Å². The molecule has 2 heteroatoms. The van der Waals surface area contributed by atoms with Gasteiger partial charge in [0.2, 0.25) is 0 Å². The molecule has 0 amide bonds. The van der Waals surface area contributed by atoms with E-state index in [0.29, 0.717) is 5.92 Å². The Morgan fingerprint density at radius 3 is 3.08 bits per heavy atom. The molecule has 1 aliphatic carbocycles. The van der Waals surface area contributed by atoms with E-state index in [0.717, 1.165) is 22.6 Å². The Hall–Kier alpha value is -1.31. The molecular formula is C11H12O2. The van der Waals surface area contributed by atoms with E-state index in [4.69, 9.17) is 4.42 Å². The van der Waals surface area contributed by atoms with Crippen LogP contribution in [-0.2, 0) is 0 Å². The molecule has 1 aromatic rings. The first kappa shape index (κ1) is 8.30. The second kappa shape index (κ2) is 2.87. The van der Waals surface area contributed by atoms with Crippen molar-refractivity contribution in [2.24, 2.45) is 5.92 Å². The second-order valence-electron chi connectivity index (χ2n) is 3.61. The van der Waals surface area contributed by atoms with Gasteiger partial charge < -0.3 is 4.42 Å². The Morgan fingerprint density at radius 2 is 2.31 bits per heavy atom. The van der Waals surface area contributed by atoms with Gasteiger partial charge in [-0.3, -0.25) is 0 Å². The van der Waals surface area contributed by atoms with E-state index in [1.54, 1.807) is 6.07 Å². The number of fused-ring (bicyclic) bond motifs is 1. The first-order valence-corrected chi connectivity index (χ1v) is 4.49. The van der Waals surface area contributed by atoms with Crippen molar-refractivity contribution in [2.45, 2.75) is 20.3 Å². The fourth-order valence-corrected chi connectivity index (χ4v) is 1.65. The van der Waals surface area contributed by atoms with Crippen LogP contribution >= 0.6 is 0 Å². The van der Waals surface area contributed by atoms with Gasteiger partial charge in [0.05, 0.1) is 0 Å². The van der Waals surface area contributed by atoms with E-state index in [1.165, 1.54) is 0 Å². The van der Waals surface area contributed by atoms with Crippen LogP contribution in [0.15, 0.2) is 15.3 Å². The zero-order valence-corrected chi connectivity index (χ0v) is 7.83. The number of hydrogen-bond donors (Lipinski definition) is 0. The van der Waals surface area contributed by atoms with Crippen LogP contribution in [0, 0.1) is 12.8 Å². The zero-order valence-electron chi connectivity index (χ0n) is 7.83. The summed E-state index contributed by atoms with van der Waals surface area (Å²) in [6, 6.07) is 1.54. The van der Waals surface area contributed by atoms with Crippen molar-refractivity contribution >= 4 is 12.2 Å². The van der Waals surface area contributed by atoms with E-state index in [2.05, 4.69) is 13.0 Å². The lowest BCUT2D eigenvalue weighted by Crippen LogP contribution is -2.34. The maximum Gasteiger partial charge on any atom is 0.336 e. The summed E-state index contributed by atoms with van der Waals surface area (Å²) in [4.78, 5) is 11.0. The minimum absolute atomic E-state index is 0.254. The third-order valence-electron chi connectivity index (χ3n) is 2.36. The molecule has 1 atom stereocenters. The molecule has 68 valence electrons. The Bertz CT molecular complexity index is 494. The van der Waals surface area contributed by atoms with Gasteiger partial charge in [-0.1, -0.05) is 13.0 Å². The fourth-order valence-electron chi connectivity index (χ4n) is 1.65. The lowest BCUT2D eigenvalue weighted by atomic mass is 10.0. The van der Waals surface area contributed by atoms with Crippen molar-refractivity contribution in [2.75, 3.05) is 0 Å². The van der Waals surface area contributed by atoms with Crippen molar-refractivity contribution in [1.82, 2.24) is 0 Å². The van der Waals surface area contributed by atoms with Gasteiger partial charge in [0.25, 0.3) is 0 Å². The standard InChI is InChI=1S/C11H12O2/c1-7-3-4-10-9(5-7)8(2)6-11(12)13-10/h4-7H,3H2,1-2H3. The average Bonchev–Trinajstić information content (AvgIpc) is 2.06. The molecule has 13 heavy (non-hydrogen) atoms. The molecule has 0 spiro atoms. The maximum absolute atomic E-state index is 11.0. The van der Waals surface area contributed by atoms with Gasteiger partial charge in [-0.2, -0.15) is 0 Å². The molecule has 0 N–H and O–H groups in total. The van der Waals surface area contributed by atoms with Crippen LogP contribution in [0.1, 0.15) is 18.9 Å². The van der Waals surface area contributed by atoms with Crippen LogP contribution in [0.3, 0.4) is 0 Å². The molecule has 1 aromatic heterocycles. The molecule has 0 aromatic carbocycles. The summed E-state index contributed by atoms with van der Waals surface area (Å²) in [5, 5.41) is 1.08. The quantitative estimate of drug-likeness (QED) is 0.578. The average molecular weight is 176 g/mol. The highest BCUT2D eigenvalue weighted by Crippen LogP contribution is 2.05. The maximum atomic E-state index is 11.0. The highest BCUT2D eigenvalue weighted by Gasteiger charge is 2.05. The molecule has 2 nitrogen and oxygen atoms in total. The van der Waals surface area contributed by atoms with Gasteiger partial charge in [0, 0.05) is 11.3 Å². The van der Waals surface area contributed by atoms with Gasteiger partial charge in [-0.15, -0.1) is 0 Å². The number of rotatable bonds is 0. The van der Waals surface area contributed by atoms with Crippen molar-refractivity contribution < 1.29 is 4.42 Å². The molecular weight excluding hydrogens is 164 g/mol. The third kappa shape index (κ3) is 1.44. The molecule has 0 aliphatic heterocycles. The molecule has 0 saturated carbocycles. The van der Waals surface area contributed by atoms with Crippen LogP contribution in [0.5, 0.6) is 0 Å². The Morgan fingerprint density at radius 1 is 1.54 bits per heavy atom. The Kier molecular flexibility index (Phi) is 1.83. The van der Waals surface area contributed by atoms with Gasteiger partial charge in [0.15, 0.2) is 0 Å². The predicted molar refractivity (Wildman–Crippen MR) is 51.7 cm³/mol. The van der Waals surface area contributed by atoms with Crippen LogP contribution < -0.4 is 16.3 Å². The van der Waals surface area contributed by atoms with E-state index < -0.39 is 0 Å². The summed E-state index contributed by atoms with van der Waals surface area (Å²) in [7, 11) is 0. The highest BCUT2D eigenvalue weighted by molar-refractivity contribution is 5.39. The normalized spacial score (nSPS) is 20.0. The summed E-state index contributed by atoms with van der Waals surface area (Å²) < 4.78 is 5.09. The first-order chi connectivity index (χ1) is 6.16. The molecule has 1 unspecified atom stereocenters. The molecule has 0 fully saturated rings. The summed E-state index contributed by atoms with van der Waals surface area (Å²) in [6.45, 7) is 4.10. The van der Waals surface area contributed by atoms with Crippen molar-refractivity contribution in [1.29, 1.82) is 0 Å². The molecule has 2 rings (SSSR count). The molecule has 0 saturated heterocycles. The minimum Gasteiger partial charge on any atom is -0.423 e. The van der Waals surface area contributed by atoms with Crippen LogP contribution in [0.4, 0.5) is 0 Å². The van der Waals surface area contributed by atoms with E-state index in [-0.39, 0.29) is 5.63 Å². The summed E-state index contributed by atoms with van der Waals surface area (Å²) in [5.74, 6) is 0.541. The largest absolute Gasteiger partial charge is 0.423 e. The van der Waals surface area contributed by atoms with E-state index in [9.17, 15) is 4.79 Å². The van der Waals surface area contributed by atoms with Gasteiger partial charge in [0.1, 0.15) is 5.42 Å². The summed E-state index contributed by atoms with van der Waals surface area (Å²) in [5.41, 5.74) is 1.49. The first-order valence-electron chi connectivity index (χ1n) is 4.49. The minimum atomic E-state index is -0.254. The number of hydrogen-bond acceptors (Lipinski definition) is 2. The molecule has 1 heterocycles. The van der Waals surface area contributed by atoms with Crippen molar-refractivity contribution in [3.63, 3.8) is 0 Å². The zero-order chi connectivity index (χ0) is 9.42. The summed E-state index contributed by atoms with van der Waals surface area (Å²) in [6.07, 6.45) is 5.11. The predicted octanol–water partition coefficient (Wildman–Crippen LogP) is 0.549. The Balaban J connectivity index is 2.88. The second-order valence-corrected chi connectivity index (χ2v) is 3.61. The monoisotopic (exact) mass is 176 g/mol. The topological polar surface area (TPSA) is 30.2 Å².